The monoisotopic (exact) mass is 567 g/mol. The predicted octanol–water partition coefficient (Wildman–Crippen LogP) is 5.31. The van der Waals surface area contributed by atoms with Gasteiger partial charge in [0.05, 0.1) is 0 Å². The predicted molar refractivity (Wildman–Crippen MR) is 152 cm³/mol. The Morgan fingerprint density at radius 3 is 2.45 bits per heavy atom. The molecular weight excluding hydrogens is 530 g/mol. The van der Waals surface area contributed by atoms with E-state index in [4.69, 9.17) is 21.1 Å². The van der Waals surface area contributed by atoms with Gasteiger partial charge in [-0.05, 0) is 85.3 Å². The summed E-state index contributed by atoms with van der Waals surface area (Å²) < 4.78 is 11.2. The summed E-state index contributed by atoms with van der Waals surface area (Å²) in [7, 11) is 4.02. The first kappa shape index (κ1) is 28.6. The van der Waals surface area contributed by atoms with Gasteiger partial charge >= 0.3 is 11.9 Å². The smallest absolute Gasteiger partial charge is 0.321 e. The minimum absolute atomic E-state index is 0.000546. The molecule has 0 heterocycles. The number of esters is 2. The number of anilines is 1. The number of nitrogens with zero attached hydrogens (tertiary/aromatic N) is 1. The number of hydrogen-bond acceptors (Lipinski definition) is 7. The standard InChI is InChI=1S/C32H38ClNO6/c1-19(35)40-32(28(37)18-39-29(38)17-33)14-13-27-25-11-7-21-15-23(36)10-12-24(21)30(25)26(16-31(27,32)2)20-5-8-22(9-6-20)34(3)4/h5-6,8-9,15,25-27H,7,10-14,16-18H2,1-4H3/t25-,26+,27-,31-,32-/m0/s1. The first-order valence-electron chi connectivity index (χ1n) is 14.2. The van der Waals surface area contributed by atoms with Crippen molar-refractivity contribution in [2.45, 2.75) is 70.3 Å². The lowest BCUT2D eigenvalue weighted by molar-refractivity contribution is -0.186. The maximum Gasteiger partial charge on any atom is 0.321 e. The van der Waals surface area contributed by atoms with E-state index in [-0.39, 0.29) is 35.2 Å². The summed E-state index contributed by atoms with van der Waals surface area (Å²) in [5, 5.41) is 0. The van der Waals surface area contributed by atoms with Crippen LogP contribution in [-0.2, 0) is 28.7 Å². The van der Waals surface area contributed by atoms with Crippen molar-refractivity contribution in [2.24, 2.45) is 17.3 Å². The summed E-state index contributed by atoms with van der Waals surface area (Å²) in [5.41, 5.74) is 4.05. The Hall–Kier alpha value is -2.93. The van der Waals surface area contributed by atoms with Gasteiger partial charge in [0.2, 0.25) is 5.78 Å². The van der Waals surface area contributed by atoms with Crippen molar-refractivity contribution in [1.29, 1.82) is 0 Å². The molecule has 0 spiro atoms. The highest BCUT2D eigenvalue weighted by Crippen LogP contribution is 2.67. The normalized spacial score (nSPS) is 31.0. The van der Waals surface area contributed by atoms with Crippen LogP contribution in [0.4, 0.5) is 5.69 Å². The van der Waals surface area contributed by atoms with Gasteiger partial charge in [0.15, 0.2) is 18.0 Å². The van der Waals surface area contributed by atoms with E-state index >= 15 is 0 Å². The molecule has 0 radical (unpaired) electrons. The molecule has 4 aliphatic carbocycles. The molecule has 8 heteroatoms. The van der Waals surface area contributed by atoms with Crippen molar-refractivity contribution in [3.63, 3.8) is 0 Å². The molecule has 0 amide bonds. The van der Waals surface area contributed by atoms with Crippen LogP contribution in [0.25, 0.3) is 0 Å². The minimum atomic E-state index is -1.40. The lowest BCUT2D eigenvalue weighted by atomic mass is 9.50. The van der Waals surface area contributed by atoms with Gasteiger partial charge in [-0.15, -0.1) is 11.6 Å². The zero-order valence-corrected chi connectivity index (χ0v) is 24.5. The van der Waals surface area contributed by atoms with Crippen molar-refractivity contribution < 1.29 is 28.7 Å². The number of allylic oxidation sites excluding steroid dienone is 4. The molecule has 5 rings (SSSR count). The third-order valence-electron chi connectivity index (χ3n) is 9.91. The van der Waals surface area contributed by atoms with Gasteiger partial charge in [0.1, 0.15) is 5.88 Å². The van der Waals surface area contributed by atoms with Crippen LogP contribution >= 0.6 is 11.6 Å². The Labute approximate surface area is 240 Å². The topological polar surface area (TPSA) is 90.0 Å². The van der Waals surface area contributed by atoms with Crippen molar-refractivity contribution in [3.8, 4) is 0 Å². The second-order valence-electron chi connectivity index (χ2n) is 12.2. The third-order valence-corrected chi connectivity index (χ3v) is 10.1. The Morgan fingerprint density at radius 1 is 1.07 bits per heavy atom. The highest BCUT2D eigenvalue weighted by molar-refractivity contribution is 6.26. The van der Waals surface area contributed by atoms with E-state index in [0.717, 1.165) is 42.5 Å². The van der Waals surface area contributed by atoms with Crippen LogP contribution in [0.3, 0.4) is 0 Å². The van der Waals surface area contributed by atoms with Crippen molar-refractivity contribution in [3.05, 3.63) is 52.6 Å². The average molecular weight is 568 g/mol. The van der Waals surface area contributed by atoms with Crippen LogP contribution in [0.5, 0.6) is 0 Å². The van der Waals surface area contributed by atoms with Gasteiger partial charge in [0, 0.05) is 44.5 Å². The number of halogens is 1. The fourth-order valence-corrected chi connectivity index (χ4v) is 8.26. The quantitative estimate of drug-likeness (QED) is 0.326. The van der Waals surface area contributed by atoms with Gasteiger partial charge in [-0.25, -0.2) is 0 Å². The second kappa shape index (κ2) is 10.8. The highest BCUT2D eigenvalue weighted by Gasteiger charge is 2.68. The number of carbonyl (C=O) groups excluding carboxylic acids is 4. The lowest BCUT2D eigenvalue weighted by Crippen LogP contribution is -2.58. The summed E-state index contributed by atoms with van der Waals surface area (Å²) in [4.78, 5) is 52.6. The van der Waals surface area contributed by atoms with Crippen molar-refractivity contribution in [1.82, 2.24) is 0 Å². The molecule has 0 saturated heterocycles. The fraction of sp³-hybridized carbons (Fsp3) is 0.562. The van der Waals surface area contributed by atoms with Crippen LogP contribution in [0.2, 0.25) is 0 Å². The SMILES string of the molecule is CC(=O)O[C@]1(C(=O)COC(=O)CCl)CC[C@H]2[C@@H]3CCC4=CC(=O)CCC4=C3[C@@H](c3ccc(N(C)C)cc3)C[C@@]21C. The van der Waals surface area contributed by atoms with Crippen LogP contribution in [0.15, 0.2) is 47.1 Å². The highest BCUT2D eigenvalue weighted by atomic mass is 35.5. The fourth-order valence-electron chi connectivity index (χ4n) is 8.18. The number of hydrogen-bond donors (Lipinski definition) is 0. The molecular formula is C32H38ClNO6. The number of benzene rings is 1. The molecule has 0 N–H and O–H groups in total. The van der Waals surface area contributed by atoms with Crippen LogP contribution < -0.4 is 4.90 Å². The molecule has 1 aromatic carbocycles. The molecule has 4 aliphatic rings. The van der Waals surface area contributed by atoms with E-state index < -0.39 is 29.6 Å². The van der Waals surface area contributed by atoms with Gasteiger partial charge in [-0.3, -0.25) is 19.2 Å². The van der Waals surface area contributed by atoms with Crippen LogP contribution in [-0.4, -0.2) is 55.7 Å². The number of fused-ring (bicyclic) bond motifs is 4. The van der Waals surface area contributed by atoms with Crippen molar-refractivity contribution >= 4 is 40.8 Å². The molecule has 0 aliphatic heterocycles. The Bertz CT molecular complexity index is 1300. The molecule has 0 bridgehead atoms. The number of rotatable bonds is 7. The molecule has 7 nitrogen and oxygen atoms in total. The number of carbonyl (C=O) groups is 4. The van der Waals surface area contributed by atoms with E-state index in [1.165, 1.54) is 18.1 Å². The van der Waals surface area contributed by atoms with E-state index in [0.29, 0.717) is 19.3 Å². The van der Waals surface area contributed by atoms with Crippen molar-refractivity contribution in [2.75, 3.05) is 31.5 Å². The molecule has 2 saturated carbocycles. The second-order valence-corrected chi connectivity index (χ2v) is 12.4. The van der Waals surface area contributed by atoms with E-state index in [9.17, 15) is 19.2 Å². The third kappa shape index (κ3) is 4.70. The molecule has 1 aromatic rings. The average Bonchev–Trinajstić information content (AvgIpc) is 3.22. The van der Waals surface area contributed by atoms with Gasteiger partial charge in [0.25, 0.3) is 0 Å². The number of alkyl halides is 1. The van der Waals surface area contributed by atoms with Gasteiger partial charge in [-0.1, -0.05) is 24.6 Å². The molecule has 0 aromatic heterocycles. The lowest BCUT2D eigenvalue weighted by Gasteiger charge is -2.55. The van der Waals surface area contributed by atoms with Gasteiger partial charge in [-0.2, -0.15) is 0 Å². The summed E-state index contributed by atoms with van der Waals surface area (Å²) in [5.74, 6) is -1.43. The number of ketones is 2. The van der Waals surface area contributed by atoms with E-state index in [1.807, 2.05) is 20.2 Å². The van der Waals surface area contributed by atoms with E-state index in [2.05, 4.69) is 36.1 Å². The first-order valence-corrected chi connectivity index (χ1v) is 14.7. The summed E-state index contributed by atoms with van der Waals surface area (Å²) in [6.07, 6.45) is 6.54. The first-order chi connectivity index (χ1) is 19.0. The molecule has 214 valence electrons. The molecule has 0 unspecified atom stereocenters. The summed E-state index contributed by atoms with van der Waals surface area (Å²) in [6, 6.07) is 8.54. The molecule has 2 fully saturated rings. The van der Waals surface area contributed by atoms with E-state index in [1.54, 1.807) is 0 Å². The minimum Gasteiger partial charge on any atom is -0.457 e. The Kier molecular flexibility index (Phi) is 7.73. The number of Topliss-reactive ketones (excluding diaryl/α,β-unsaturated/α-hetero) is 1. The zero-order valence-electron chi connectivity index (χ0n) is 23.8. The molecule has 5 atom stereocenters. The largest absolute Gasteiger partial charge is 0.457 e. The maximum absolute atomic E-state index is 13.9. The maximum atomic E-state index is 13.9. The Balaban J connectivity index is 1.64. The van der Waals surface area contributed by atoms with Crippen LogP contribution in [0, 0.1) is 17.3 Å². The van der Waals surface area contributed by atoms with Gasteiger partial charge < -0.3 is 14.4 Å². The van der Waals surface area contributed by atoms with Crippen LogP contribution in [0.1, 0.15) is 70.3 Å². The molecule has 40 heavy (non-hydrogen) atoms. The number of ether oxygens (including phenoxy) is 2. The summed E-state index contributed by atoms with van der Waals surface area (Å²) in [6.45, 7) is 2.95. The summed E-state index contributed by atoms with van der Waals surface area (Å²) >= 11 is 5.61. The zero-order chi connectivity index (χ0) is 28.8. The Morgan fingerprint density at radius 2 is 1.80 bits per heavy atom.